The fourth-order valence-corrected chi connectivity index (χ4v) is 5.61. The molecule has 4 rings (SSSR count). The van der Waals surface area contributed by atoms with Crippen molar-refractivity contribution in [2.24, 2.45) is 0 Å². The number of hydrogen-bond donors (Lipinski definition) is 2. The van der Waals surface area contributed by atoms with Crippen molar-refractivity contribution in [2.75, 3.05) is 25.6 Å². The molecule has 31 heavy (non-hydrogen) atoms. The van der Waals surface area contributed by atoms with Gasteiger partial charge in [-0.3, -0.25) is 4.79 Å². The van der Waals surface area contributed by atoms with Crippen molar-refractivity contribution in [3.8, 4) is 5.75 Å². The number of para-hydroxylation sites is 1. The van der Waals surface area contributed by atoms with Gasteiger partial charge in [0.2, 0.25) is 4.93 Å². The zero-order valence-electron chi connectivity index (χ0n) is 18.4. The highest BCUT2D eigenvalue weighted by atomic mass is 32.2. The van der Waals surface area contributed by atoms with Gasteiger partial charge in [0.25, 0.3) is 5.91 Å². The van der Waals surface area contributed by atoms with Gasteiger partial charge in [-0.25, -0.2) is 0 Å². The molecule has 2 N–H and O–H groups in total. The molecule has 6 heteroatoms. The lowest BCUT2D eigenvalue weighted by molar-refractivity contribution is -0.129. The number of benzene rings is 2. The number of rotatable bonds is 8. The fraction of sp³-hybridized carbons (Fsp3) is 0.480. The van der Waals surface area contributed by atoms with Crippen LogP contribution < -0.4 is 15.4 Å². The minimum atomic E-state index is -1.10. The highest BCUT2D eigenvalue weighted by Crippen LogP contribution is 2.49. The summed E-state index contributed by atoms with van der Waals surface area (Å²) in [4.78, 5) is 12.8. The Kier molecular flexibility index (Phi) is 6.89. The number of amides is 1. The van der Waals surface area contributed by atoms with Crippen LogP contribution in [-0.4, -0.2) is 31.7 Å². The third kappa shape index (κ3) is 4.92. The van der Waals surface area contributed by atoms with E-state index < -0.39 is 4.93 Å². The van der Waals surface area contributed by atoms with E-state index in [2.05, 4.69) is 17.6 Å². The van der Waals surface area contributed by atoms with E-state index in [0.717, 1.165) is 34.9 Å². The molecule has 0 bridgehead atoms. The quantitative estimate of drug-likeness (QED) is 0.545. The first-order valence-corrected chi connectivity index (χ1v) is 12.0. The van der Waals surface area contributed by atoms with Gasteiger partial charge in [-0.2, -0.15) is 0 Å². The minimum absolute atomic E-state index is 0.172. The monoisotopic (exact) mass is 440 g/mol. The highest BCUT2D eigenvalue weighted by Gasteiger charge is 2.45. The van der Waals surface area contributed by atoms with Crippen molar-refractivity contribution in [1.82, 2.24) is 5.32 Å². The van der Waals surface area contributed by atoms with Crippen LogP contribution in [0.1, 0.15) is 51.0 Å². The summed E-state index contributed by atoms with van der Waals surface area (Å²) in [5.41, 5.74) is 1.91. The maximum Gasteiger partial charge on any atom is 0.272 e. The first-order chi connectivity index (χ1) is 15.0. The predicted octanol–water partition coefficient (Wildman–Crippen LogP) is 5.31. The lowest BCUT2D eigenvalue weighted by atomic mass is 9.83. The number of thioether (sulfide) groups is 1. The van der Waals surface area contributed by atoms with Gasteiger partial charge in [-0.05, 0) is 57.0 Å². The molecule has 0 saturated heterocycles. The summed E-state index contributed by atoms with van der Waals surface area (Å²) in [6, 6.07) is 15.4. The van der Waals surface area contributed by atoms with Crippen LogP contribution in [0.5, 0.6) is 5.75 Å². The second kappa shape index (κ2) is 9.63. The van der Waals surface area contributed by atoms with E-state index in [4.69, 9.17) is 9.47 Å². The second-order valence-corrected chi connectivity index (χ2v) is 9.87. The molecular weight excluding hydrogens is 408 g/mol. The Morgan fingerprint density at radius 2 is 1.81 bits per heavy atom. The van der Waals surface area contributed by atoms with Crippen molar-refractivity contribution >= 4 is 23.4 Å². The summed E-state index contributed by atoms with van der Waals surface area (Å²) in [5, 5.41) is 6.69. The van der Waals surface area contributed by atoms with Crippen LogP contribution in [0, 0.1) is 0 Å². The average Bonchev–Trinajstić information content (AvgIpc) is 2.79. The van der Waals surface area contributed by atoms with Crippen LogP contribution in [0.4, 0.5) is 5.69 Å². The molecule has 1 saturated carbocycles. The smallest absolute Gasteiger partial charge is 0.272 e. The van der Waals surface area contributed by atoms with E-state index in [0.29, 0.717) is 12.1 Å². The van der Waals surface area contributed by atoms with Gasteiger partial charge in [0, 0.05) is 23.1 Å². The van der Waals surface area contributed by atoms with Gasteiger partial charge in [0.1, 0.15) is 5.75 Å². The van der Waals surface area contributed by atoms with Gasteiger partial charge < -0.3 is 20.1 Å². The van der Waals surface area contributed by atoms with Crippen molar-refractivity contribution < 1.29 is 14.3 Å². The third-order valence-electron chi connectivity index (χ3n) is 6.31. The van der Waals surface area contributed by atoms with Crippen molar-refractivity contribution in [2.45, 2.75) is 60.8 Å². The Hall–Kier alpha value is -2.02. The summed E-state index contributed by atoms with van der Waals surface area (Å²) in [6.07, 6.45) is 7.54. The molecule has 2 aliphatic rings. The van der Waals surface area contributed by atoms with Gasteiger partial charge >= 0.3 is 0 Å². The van der Waals surface area contributed by atoms with Gasteiger partial charge in [-0.15, -0.1) is 0 Å². The Morgan fingerprint density at radius 3 is 2.55 bits per heavy atom. The Balaban J connectivity index is 1.33. The molecule has 2 aromatic rings. The second-order valence-electron chi connectivity index (χ2n) is 8.65. The molecule has 1 aliphatic carbocycles. The molecule has 0 aromatic heterocycles. The molecule has 166 valence electrons. The molecule has 1 fully saturated rings. The summed E-state index contributed by atoms with van der Waals surface area (Å²) in [6.45, 7) is 3.98. The number of nitrogens with one attached hydrogen (secondary N) is 2. The molecule has 1 amide bonds. The van der Waals surface area contributed by atoms with E-state index in [1.54, 1.807) is 7.11 Å². The highest BCUT2D eigenvalue weighted by molar-refractivity contribution is 8.01. The van der Waals surface area contributed by atoms with Crippen molar-refractivity contribution in [1.29, 1.82) is 0 Å². The molecule has 1 heterocycles. The first-order valence-electron chi connectivity index (χ1n) is 11.2. The summed E-state index contributed by atoms with van der Waals surface area (Å²) in [7, 11) is 1.57. The largest absolute Gasteiger partial charge is 0.494 e. The molecule has 1 unspecified atom stereocenters. The maximum atomic E-state index is 12.9. The van der Waals surface area contributed by atoms with Crippen LogP contribution in [0.2, 0.25) is 0 Å². The summed E-state index contributed by atoms with van der Waals surface area (Å²) < 4.78 is 11.7. The molecular formula is C25H32N2O3S. The van der Waals surface area contributed by atoms with E-state index >= 15 is 0 Å². The first kappa shape index (κ1) is 22.2. The Bertz CT molecular complexity index is 896. The zero-order valence-corrected chi connectivity index (χ0v) is 19.2. The number of anilines is 1. The average molecular weight is 441 g/mol. The lowest BCUT2D eigenvalue weighted by Gasteiger charge is -2.35. The zero-order chi connectivity index (χ0) is 21.7. The normalized spacial score (nSPS) is 22.5. The molecule has 1 aliphatic heterocycles. The minimum Gasteiger partial charge on any atom is -0.494 e. The van der Waals surface area contributed by atoms with E-state index in [9.17, 15) is 4.79 Å². The Morgan fingerprint density at radius 1 is 1.06 bits per heavy atom. The third-order valence-corrected chi connectivity index (χ3v) is 7.76. The predicted molar refractivity (Wildman–Crippen MR) is 126 cm³/mol. The number of hydrogen-bond acceptors (Lipinski definition) is 5. The molecule has 1 atom stereocenters. The van der Waals surface area contributed by atoms with Crippen LogP contribution in [0.3, 0.4) is 0 Å². The number of fused-ring (bicyclic) bond motifs is 1. The van der Waals surface area contributed by atoms with Gasteiger partial charge in [-0.1, -0.05) is 55.3 Å². The standard InChI is InChI=1S/C25H32N2O3S/c1-24(15-6-3-7-16-24)26-17-8-18-30-20-13-11-19(12-14-20)25(29-2)23(28)27-21-9-4-5-10-22(21)31-25/h4-5,9-14,26H,3,6-8,15-18H2,1-2H3,(H,27,28). The van der Waals surface area contributed by atoms with Crippen LogP contribution in [-0.2, 0) is 14.5 Å². The summed E-state index contributed by atoms with van der Waals surface area (Å²) >= 11 is 1.43. The molecule has 5 nitrogen and oxygen atoms in total. The Labute approximate surface area is 189 Å². The number of carbonyl (C=O) groups is 1. The van der Waals surface area contributed by atoms with Crippen LogP contribution in [0.25, 0.3) is 0 Å². The van der Waals surface area contributed by atoms with Crippen molar-refractivity contribution in [3.63, 3.8) is 0 Å². The molecule has 0 spiro atoms. The van der Waals surface area contributed by atoms with Gasteiger partial charge in [0.05, 0.1) is 12.3 Å². The topological polar surface area (TPSA) is 59.6 Å². The maximum absolute atomic E-state index is 12.9. The van der Waals surface area contributed by atoms with E-state index in [-0.39, 0.29) is 5.91 Å². The number of ether oxygens (including phenoxy) is 2. The van der Waals surface area contributed by atoms with E-state index in [1.165, 1.54) is 43.9 Å². The number of carbonyl (C=O) groups excluding carboxylic acids is 1. The van der Waals surface area contributed by atoms with Crippen molar-refractivity contribution in [3.05, 3.63) is 54.1 Å². The fourth-order valence-electron chi connectivity index (χ4n) is 4.44. The van der Waals surface area contributed by atoms with E-state index in [1.807, 2.05) is 48.5 Å². The molecule has 0 radical (unpaired) electrons. The number of methoxy groups -OCH3 is 1. The lowest BCUT2D eigenvalue weighted by Crippen LogP contribution is -2.44. The molecule has 2 aromatic carbocycles. The van der Waals surface area contributed by atoms with Gasteiger partial charge in [0.15, 0.2) is 0 Å². The summed E-state index contributed by atoms with van der Waals surface area (Å²) in [5.74, 6) is 0.634. The van der Waals surface area contributed by atoms with Crippen LogP contribution in [0.15, 0.2) is 53.4 Å². The SMILES string of the molecule is COC1(c2ccc(OCCCNC3(C)CCCCC3)cc2)Sc2ccccc2NC1=O. The van der Waals surface area contributed by atoms with Crippen LogP contribution >= 0.6 is 11.8 Å².